The second-order valence-corrected chi connectivity index (χ2v) is 15.7. The molecular formula is C12H20Cl2Ge. The number of hydrogen-bond acceptors (Lipinski definition) is 0. The molecule has 15 heavy (non-hydrogen) atoms. The summed E-state index contributed by atoms with van der Waals surface area (Å²) in [5, 5.41) is 0. The molecule has 1 rings (SSSR count). The van der Waals surface area contributed by atoms with Crippen LogP contribution in [0.1, 0.15) is 53.4 Å². The molecule has 0 spiro atoms. The Morgan fingerprint density at radius 3 is 1.27 bits per heavy atom. The van der Waals surface area contributed by atoms with Gasteiger partial charge in [-0.1, -0.05) is 0 Å². The van der Waals surface area contributed by atoms with Crippen LogP contribution in [0.15, 0.2) is 20.0 Å². The van der Waals surface area contributed by atoms with Crippen molar-refractivity contribution in [3.63, 3.8) is 0 Å². The van der Waals surface area contributed by atoms with Gasteiger partial charge in [-0.05, 0) is 0 Å². The monoisotopic (exact) mass is 308 g/mol. The maximum atomic E-state index is 6.68. The van der Waals surface area contributed by atoms with Gasteiger partial charge in [0.05, 0.1) is 0 Å². The van der Waals surface area contributed by atoms with E-state index < -0.39 is 11.4 Å². The molecule has 0 radical (unpaired) electrons. The van der Waals surface area contributed by atoms with Crippen LogP contribution < -0.4 is 0 Å². The quantitative estimate of drug-likeness (QED) is 0.624. The first kappa shape index (κ1) is 13.7. The molecular weight excluding hydrogens is 288 g/mol. The Balaban J connectivity index is 3.31. The number of halogens is 2. The fourth-order valence-electron chi connectivity index (χ4n) is 2.65. The van der Waals surface area contributed by atoms with Crippen LogP contribution in [0.5, 0.6) is 0 Å². The van der Waals surface area contributed by atoms with Gasteiger partial charge < -0.3 is 0 Å². The molecule has 0 aromatic rings. The Kier molecular flexibility index (Phi) is 4.82. The van der Waals surface area contributed by atoms with Crippen molar-refractivity contribution in [2.45, 2.75) is 53.4 Å². The van der Waals surface area contributed by atoms with Crippen LogP contribution in [-0.4, -0.2) is 11.4 Å². The zero-order valence-corrected chi connectivity index (χ0v) is 13.7. The second-order valence-electron chi connectivity index (χ2n) is 3.90. The first-order valence-electron chi connectivity index (χ1n) is 5.87. The van der Waals surface area contributed by atoms with E-state index in [1.54, 1.807) is 0 Å². The molecule has 3 heteroatoms. The molecule has 0 nitrogen and oxygen atoms in total. The first-order valence-corrected chi connectivity index (χ1v) is 13.5. The van der Waals surface area contributed by atoms with Crippen LogP contribution in [0, 0.1) is 0 Å². The third-order valence-corrected chi connectivity index (χ3v) is 13.9. The summed E-state index contributed by atoms with van der Waals surface area (Å²) in [5.74, 6) is 0. The van der Waals surface area contributed by atoms with Gasteiger partial charge in [0.1, 0.15) is 0 Å². The van der Waals surface area contributed by atoms with Crippen LogP contribution >= 0.6 is 20.0 Å². The predicted molar refractivity (Wildman–Crippen MR) is 72.7 cm³/mol. The molecule has 0 bridgehead atoms. The van der Waals surface area contributed by atoms with Gasteiger partial charge in [-0.25, -0.2) is 0 Å². The predicted octanol–water partition coefficient (Wildman–Crippen LogP) is 5.23. The minimum absolute atomic E-state index is 1.03. The SMILES string of the molecule is CCC1=[C](CC)[Ge]([Cl])([Cl])[C](CC)=C1CC. The molecule has 0 saturated heterocycles. The average molecular weight is 308 g/mol. The van der Waals surface area contributed by atoms with Crippen molar-refractivity contribution in [2.75, 3.05) is 0 Å². The Hall–Kier alpha value is 0.603. The molecule has 1 aliphatic rings. The van der Waals surface area contributed by atoms with Crippen molar-refractivity contribution in [3.8, 4) is 0 Å². The van der Waals surface area contributed by atoms with Crippen molar-refractivity contribution < 1.29 is 0 Å². The minimum atomic E-state index is -2.80. The van der Waals surface area contributed by atoms with Crippen molar-refractivity contribution in [1.29, 1.82) is 0 Å². The fraction of sp³-hybridized carbons (Fsp3) is 0.667. The summed E-state index contributed by atoms with van der Waals surface area (Å²) in [4.78, 5) is 0. The van der Waals surface area contributed by atoms with E-state index in [0.717, 1.165) is 25.7 Å². The molecule has 0 saturated carbocycles. The molecule has 0 N–H and O–H groups in total. The average Bonchev–Trinajstić information content (AvgIpc) is 2.43. The van der Waals surface area contributed by atoms with Gasteiger partial charge in [0.2, 0.25) is 0 Å². The fourth-order valence-corrected chi connectivity index (χ4v) is 13.4. The van der Waals surface area contributed by atoms with E-state index in [-0.39, 0.29) is 0 Å². The topological polar surface area (TPSA) is 0 Å². The van der Waals surface area contributed by atoms with Crippen LogP contribution in [0.25, 0.3) is 0 Å². The summed E-state index contributed by atoms with van der Waals surface area (Å²) in [6.07, 6.45) is 4.23. The molecule has 0 atom stereocenters. The van der Waals surface area contributed by atoms with Gasteiger partial charge in [-0.3, -0.25) is 0 Å². The van der Waals surface area contributed by atoms with E-state index in [9.17, 15) is 0 Å². The number of rotatable bonds is 4. The Bertz CT molecular complexity index is 284. The normalized spacial score (nSPS) is 20.4. The summed E-state index contributed by atoms with van der Waals surface area (Å²) in [5.41, 5.74) is 2.98. The van der Waals surface area contributed by atoms with E-state index in [2.05, 4.69) is 27.7 Å². The summed E-state index contributed by atoms with van der Waals surface area (Å²) in [6, 6.07) is 0. The summed E-state index contributed by atoms with van der Waals surface area (Å²) in [6.45, 7) is 8.79. The first-order chi connectivity index (χ1) is 7.04. The van der Waals surface area contributed by atoms with Crippen molar-refractivity contribution in [2.24, 2.45) is 0 Å². The number of hydrogen-bond donors (Lipinski definition) is 0. The zero-order valence-electron chi connectivity index (χ0n) is 10.1. The molecule has 86 valence electrons. The molecule has 1 aliphatic heterocycles. The molecule has 0 aromatic carbocycles. The molecule has 0 aliphatic carbocycles. The van der Waals surface area contributed by atoms with Crippen molar-refractivity contribution in [3.05, 3.63) is 20.0 Å². The van der Waals surface area contributed by atoms with E-state index in [0.29, 0.717) is 0 Å². The van der Waals surface area contributed by atoms with Gasteiger partial charge in [0, 0.05) is 0 Å². The zero-order chi connectivity index (χ0) is 11.6. The van der Waals surface area contributed by atoms with Crippen LogP contribution in [0.4, 0.5) is 0 Å². The number of allylic oxidation sites excluding steroid dienone is 4. The molecule has 0 aromatic heterocycles. The summed E-state index contributed by atoms with van der Waals surface area (Å²) < 4.78 is 2.82. The molecule has 0 fully saturated rings. The third kappa shape index (κ3) is 2.18. The van der Waals surface area contributed by atoms with Gasteiger partial charge in [-0.2, -0.15) is 0 Å². The summed E-state index contributed by atoms with van der Waals surface area (Å²) in [7, 11) is 13.4. The van der Waals surface area contributed by atoms with Crippen molar-refractivity contribution >= 4 is 31.4 Å². The summed E-state index contributed by atoms with van der Waals surface area (Å²) >= 11 is -2.80. The Labute approximate surface area is 104 Å². The van der Waals surface area contributed by atoms with Crippen LogP contribution in [0.3, 0.4) is 0 Å². The van der Waals surface area contributed by atoms with Crippen molar-refractivity contribution in [1.82, 2.24) is 0 Å². The Morgan fingerprint density at radius 1 is 0.733 bits per heavy atom. The van der Waals surface area contributed by atoms with Gasteiger partial charge in [-0.15, -0.1) is 0 Å². The van der Waals surface area contributed by atoms with Gasteiger partial charge in [0.25, 0.3) is 0 Å². The molecule has 0 amide bonds. The van der Waals surface area contributed by atoms with E-state index >= 15 is 0 Å². The van der Waals surface area contributed by atoms with E-state index in [4.69, 9.17) is 20.0 Å². The van der Waals surface area contributed by atoms with Gasteiger partial charge >= 0.3 is 105 Å². The van der Waals surface area contributed by atoms with Gasteiger partial charge in [0.15, 0.2) is 0 Å². The molecule has 0 unspecified atom stereocenters. The molecule has 1 heterocycles. The standard InChI is InChI=1S/C12H20Cl2Ge/c1-5-9-10(6-2)12(8-4)15(13,14)11(9)7-3/h5-8H2,1-4H3. The Morgan fingerprint density at radius 2 is 1.07 bits per heavy atom. The third-order valence-electron chi connectivity index (χ3n) is 3.27. The maximum absolute atomic E-state index is 6.68. The van der Waals surface area contributed by atoms with E-state index in [1.807, 2.05) is 0 Å². The van der Waals surface area contributed by atoms with Crippen LogP contribution in [-0.2, 0) is 0 Å². The van der Waals surface area contributed by atoms with Crippen LogP contribution in [0.2, 0.25) is 0 Å². The second kappa shape index (κ2) is 5.29. The van der Waals surface area contributed by atoms with E-state index in [1.165, 1.54) is 20.0 Å².